The van der Waals surface area contributed by atoms with Gasteiger partial charge in [0.1, 0.15) is 5.75 Å². The topological polar surface area (TPSA) is 64.4 Å². The van der Waals surface area contributed by atoms with Crippen molar-refractivity contribution in [1.29, 1.82) is 0 Å². The summed E-state index contributed by atoms with van der Waals surface area (Å²) in [6.07, 6.45) is 4.87. The molecule has 0 heterocycles. The standard InChI is InChI=1S/C15H22N2O3/c1-11-3-5-13(6-4-11)16-10-12-9-14(17(18)19)7-8-15(12)20-2/h7-9,11,13,16H,3-6,10H2,1-2H3. The van der Waals surface area contributed by atoms with E-state index >= 15 is 0 Å². The third-order valence-corrected chi connectivity index (χ3v) is 4.07. The summed E-state index contributed by atoms with van der Waals surface area (Å²) in [6, 6.07) is 5.25. The van der Waals surface area contributed by atoms with Crippen molar-refractivity contribution in [2.24, 2.45) is 5.92 Å². The summed E-state index contributed by atoms with van der Waals surface area (Å²) >= 11 is 0. The number of nitrogens with zero attached hydrogens (tertiary/aromatic N) is 1. The Bertz CT molecular complexity index is 468. The van der Waals surface area contributed by atoms with Gasteiger partial charge in [-0.1, -0.05) is 6.92 Å². The van der Waals surface area contributed by atoms with Crippen molar-refractivity contribution in [3.8, 4) is 5.75 Å². The fraction of sp³-hybridized carbons (Fsp3) is 0.600. The van der Waals surface area contributed by atoms with Gasteiger partial charge in [0.15, 0.2) is 0 Å². The van der Waals surface area contributed by atoms with Crippen LogP contribution >= 0.6 is 0 Å². The van der Waals surface area contributed by atoms with E-state index in [4.69, 9.17) is 4.74 Å². The Hall–Kier alpha value is -1.62. The van der Waals surface area contributed by atoms with Gasteiger partial charge < -0.3 is 10.1 Å². The second kappa shape index (κ2) is 6.70. The first kappa shape index (κ1) is 14.8. The molecule has 110 valence electrons. The van der Waals surface area contributed by atoms with Gasteiger partial charge in [-0.25, -0.2) is 0 Å². The fourth-order valence-electron chi connectivity index (χ4n) is 2.74. The molecule has 5 heteroatoms. The van der Waals surface area contributed by atoms with E-state index in [1.807, 2.05) is 0 Å². The Morgan fingerprint density at radius 2 is 2.05 bits per heavy atom. The summed E-state index contributed by atoms with van der Waals surface area (Å²) < 4.78 is 5.27. The minimum Gasteiger partial charge on any atom is -0.496 e. The van der Waals surface area contributed by atoms with Crippen LogP contribution in [0.4, 0.5) is 5.69 Å². The normalized spacial score (nSPS) is 22.5. The molecule has 0 aliphatic heterocycles. The zero-order chi connectivity index (χ0) is 14.5. The zero-order valence-corrected chi connectivity index (χ0v) is 12.1. The Labute approximate surface area is 119 Å². The molecule has 0 atom stereocenters. The Morgan fingerprint density at radius 1 is 1.35 bits per heavy atom. The molecule has 20 heavy (non-hydrogen) atoms. The molecule has 0 unspecified atom stereocenters. The minimum atomic E-state index is -0.370. The Kier molecular flexibility index (Phi) is 4.95. The highest BCUT2D eigenvalue weighted by molar-refractivity contribution is 5.43. The smallest absolute Gasteiger partial charge is 0.270 e. The van der Waals surface area contributed by atoms with E-state index in [0.717, 1.165) is 11.5 Å². The Morgan fingerprint density at radius 3 is 2.65 bits per heavy atom. The molecule has 0 aromatic heterocycles. The zero-order valence-electron chi connectivity index (χ0n) is 12.1. The minimum absolute atomic E-state index is 0.111. The van der Waals surface area contributed by atoms with E-state index in [1.54, 1.807) is 19.2 Å². The van der Waals surface area contributed by atoms with Crippen LogP contribution in [0.5, 0.6) is 5.75 Å². The molecule has 0 bridgehead atoms. The molecule has 1 aliphatic carbocycles. The van der Waals surface area contributed by atoms with Gasteiger partial charge in [0.25, 0.3) is 5.69 Å². The van der Waals surface area contributed by atoms with Crippen LogP contribution in [0.3, 0.4) is 0 Å². The molecule has 0 radical (unpaired) electrons. The van der Waals surface area contributed by atoms with Crippen molar-refractivity contribution in [2.45, 2.75) is 45.2 Å². The summed E-state index contributed by atoms with van der Waals surface area (Å²) in [6.45, 7) is 2.91. The molecular weight excluding hydrogens is 256 g/mol. The number of hydrogen-bond donors (Lipinski definition) is 1. The van der Waals surface area contributed by atoms with Crippen LogP contribution in [0.15, 0.2) is 18.2 Å². The fourth-order valence-corrected chi connectivity index (χ4v) is 2.74. The number of ether oxygens (including phenoxy) is 1. The first-order chi connectivity index (χ1) is 9.60. The van der Waals surface area contributed by atoms with Crippen molar-refractivity contribution < 1.29 is 9.66 Å². The number of non-ortho nitro benzene ring substituents is 1. The molecule has 0 amide bonds. The molecule has 1 aliphatic rings. The van der Waals surface area contributed by atoms with Gasteiger partial charge >= 0.3 is 0 Å². The molecular formula is C15H22N2O3. The summed E-state index contributed by atoms with van der Waals surface area (Å²) in [5, 5.41) is 14.3. The SMILES string of the molecule is COc1ccc([N+](=O)[O-])cc1CNC1CCC(C)CC1. The summed E-state index contributed by atoms with van der Waals surface area (Å²) in [7, 11) is 1.59. The van der Waals surface area contributed by atoms with Crippen molar-refractivity contribution in [3.63, 3.8) is 0 Å². The van der Waals surface area contributed by atoms with Crippen LogP contribution in [0.2, 0.25) is 0 Å². The number of nitro groups is 1. The van der Waals surface area contributed by atoms with Crippen LogP contribution in [-0.4, -0.2) is 18.1 Å². The number of hydrogen-bond acceptors (Lipinski definition) is 4. The number of nitro benzene ring substituents is 1. The maximum atomic E-state index is 10.8. The second-order valence-corrected chi connectivity index (χ2v) is 5.59. The molecule has 0 saturated heterocycles. The predicted octanol–water partition coefficient (Wildman–Crippen LogP) is 3.27. The lowest BCUT2D eigenvalue weighted by atomic mass is 9.87. The predicted molar refractivity (Wildman–Crippen MR) is 77.9 cm³/mol. The summed E-state index contributed by atoms with van der Waals surface area (Å²) in [5.41, 5.74) is 0.959. The highest BCUT2D eigenvalue weighted by atomic mass is 16.6. The van der Waals surface area contributed by atoms with Gasteiger partial charge in [-0.3, -0.25) is 10.1 Å². The molecule has 1 aromatic carbocycles. The van der Waals surface area contributed by atoms with Gasteiger partial charge in [0.2, 0.25) is 0 Å². The second-order valence-electron chi connectivity index (χ2n) is 5.59. The van der Waals surface area contributed by atoms with Crippen LogP contribution in [0, 0.1) is 16.0 Å². The van der Waals surface area contributed by atoms with Gasteiger partial charge in [-0.2, -0.15) is 0 Å². The Balaban J connectivity index is 2.00. The van der Waals surface area contributed by atoms with Crippen LogP contribution in [0.25, 0.3) is 0 Å². The molecule has 1 N–H and O–H groups in total. The molecule has 5 nitrogen and oxygen atoms in total. The lowest BCUT2D eigenvalue weighted by molar-refractivity contribution is -0.384. The van der Waals surface area contributed by atoms with Gasteiger partial charge in [0, 0.05) is 30.3 Å². The largest absolute Gasteiger partial charge is 0.496 e. The molecule has 0 spiro atoms. The van der Waals surface area contributed by atoms with E-state index in [9.17, 15) is 10.1 Å². The highest BCUT2D eigenvalue weighted by Gasteiger charge is 2.18. The maximum absolute atomic E-state index is 10.8. The number of benzene rings is 1. The average Bonchev–Trinajstić information content (AvgIpc) is 2.46. The van der Waals surface area contributed by atoms with Crippen molar-refractivity contribution >= 4 is 5.69 Å². The average molecular weight is 278 g/mol. The van der Waals surface area contributed by atoms with Gasteiger partial charge in [-0.15, -0.1) is 0 Å². The number of nitrogens with one attached hydrogen (secondary N) is 1. The number of rotatable bonds is 5. The summed E-state index contributed by atoms with van der Waals surface area (Å²) in [5.74, 6) is 1.52. The first-order valence-corrected chi connectivity index (χ1v) is 7.15. The van der Waals surface area contributed by atoms with Crippen molar-refractivity contribution in [3.05, 3.63) is 33.9 Å². The monoisotopic (exact) mass is 278 g/mol. The molecule has 1 aromatic rings. The third kappa shape index (κ3) is 3.70. The number of methoxy groups -OCH3 is 1. The third-order valence-electron chi connectivity index (χ3n) is 4.07. The highest BCUT2D eigenvalue weighted by Crippen LogP contribution is 2.26. The van der Waals surface area contributed by atoms with E-state index < -0.39 is 0 Å². The first-order valence-electron chi connectivity index (χ1n) is 7.15. The molecule has 2 rings (SSSR count). The lowest BCUT2D eigenvalue weighted by Crippen LogP contribution is -2.32. The van der Waals surface area contributed by atoms with E-state index in [-0.39, 0.29) is 10.6 Å². The summed E-state index contributed by atoms with van der Waals surface area (Å²) in [4.78, 5) is 10.5. The molecule has 1 fully saturated rings. The van der Waals surface area contributed by atoms with E-state index in [0.29, 0.717) is 18.3 Å². The van der Waals surface area contributed by atoms with Crippen LogP contribution in [0.1, 0.15) is 38.2 Å². The van der Waals surface area contributed by atoms with Crippen molar-refractivity contribution in [1.82, 2.24) is 5.32 Å². The van der Waals surface area contributed by atoms with Gasteiger partial charge in [0.05, 0.1) is 12.0 Å². The van der Waals surface area contributed by atoms with Crippen LogP contribution < -0.4 is 10.1 Å². The van der Waals surface area contributed by atoms with E-state index in [2.05, 4.69) is 12.2 Å². The van der Waals surface area contributed by atoms with Crippen molar-refractivity contribution in [2.75, 3.05) is 7.11 Å². The van der Waals surface area contributed by atoms with Crippen LogP contribution in [-0.2, 0) is 6.54 Å². The molecule has 1 saturated carbocycles. The van der Waals surface area contributed by atoms with Gasteiger partial charge in [-0.05, 0) is 37.7 Å². The maximum Gasteiger partial charge on any atom is 0.270 e. The quantitative estimate of drug-likeness (QED) is 0.663. The van der Waals surface area contributed by atoms with E-state index in [1.165, 1.54) is 31.7 Å². The lowest BCUT2D eigenvalue weighted by Gasteiger charge is -2.27.